The van der Waals surface area contributed by atoms with Gasteiger partial charge in [-0.15, -0.1) is 0 Å². The van der Waals surface area contributed by atoms with Gasteiger partial charge in [0.05, 0.1) is 17.3 Å². The summed E-state index contributed by atoms with van der Waals surface area (Å²) in [7, 11) is 0. The third kappa shape index (κ3) is 4.97. The first-order valence-electron chi connectivity index (χ1n) is 14.8. The van der Waals surface area contributed by atoms with Crippen molar-refractivity contribution in [2.75, 3.05) is 19.6 Å². The van der Waals surface area contributed by atoms with Gasteiger partial charge in [-0.05, 0) is 93.4 Å². The molecule has 1 aromatic rings. The van der Waals surface area contributed by atoms with Gasteiger partial charge in [-0.3, -0.25) is 9.69 Å². The zero-order valence-electron chi connectivity index (χ0n) is 23.7. The molecule has 6 heteroatoms. The minimum absolute atomic E-state index is 0.0559. The lowest BCUT2D eigenvalue weighted by molar-refractivity contribution is -0.176. The maximum absolute atomic E-state index is 12.3. The van der Waals surface area contributed by atoms with Gasteiger partial charge in [0.25, 0.3) is 5.56 Å². The first-order valence-corrected chi connectivity index (χ1v) is 14.8. The van der Waals surface area contributed by atoms with Gasteiger partial charge in [0.15, 0.2) is 0 Å². The maximum Gasteiger partial charge on any atom is 0.250 e. The Kier molecular flexibility index (Phi) is 7.00. The molecular weight excluding hydrogens is 464 g/mol. The summed E-state index contributed by atoms with van der Waals surface area (Å²) in [6.45, 7) is 13.8. The standard InChI is InChI=1S/C31H50N2O4/c1-28(2)12-7-13-29(3)24(28)10-14-30(4,36)25(29)11-15-31(5,37)26(34)20-32-17-21-16-22(19-32)23-8-6-9-27(35)33(23)18-21/h6,8-9,21-22,24-26,34,36-37H,7,10-20H2,1-5H3/t21-,22-,24-,25+,26-,29-,30+,31+/m0/s1. The predicted molar refractivity (Wildman–Crippen MR) is 146 cm³/mol. The SMILES string of the molecule is CC1(C)CCC[C@]2(C)[C@@H](CC[C@@](C)(O)[C@@H](O)CN3C[C@@H]4C[C@@H](C3)c3cccc(=O)n3C4)[C@](C)(O)CC[C@@H]12. The van der Waals surface area contributed by atoms with Gasteiger partial charge in [-0.1, -0.05) is 33.3 Å². The van der Waals surface area contributed by atoms with Gasteiger partial charge < -0.3 is 19.9 Å². The Morgan fingerprint density at radius 2 is 1.86 bits per heavy atom. The van der Waals surface area contributed by atoms with Gasteiger partial charge in [0.2, 0.25) is 0 Å². The van der Waals surface area contributed by atoms with E-state index >= 15 is 0 Å². The number of pyridine rings is 1. The van der Waals surface area contributed by atoms with Crippen molar-refractivity contribution in [3.05, 3.63) is 34.2 Å². The van der Waals surface area contributed by atoms with Gasteiger partial charge >= 0.3 is 0 Å². The topological polar surface area (TPSA) is 85.9 Å². The lowest BCUT2D eigenvalue weighted by atomic mass is 9.45. The van der Waals surface area contributed by atoms with Gasteiger partial charge in [0, 0.05) is 43.9 Å². The van der Waals surface area contributed by atoms with Crippen LogP contribution in [0.2, 0.25) is 0 Å². The number of hydrogen-bond donors (Lipinski definition) is 3. The summed E-state index contributed by atoms with van der Waals surface area (Å²) in [5.74, 6) is 1.38. The largest absolute Gasteiger partial charge is 0.390 e. The highest BCUT2D eigenvalue weighted by molar-refractivity contribution is 5.17. The number of β-amino-alcohol motifs (C(OH)–C–C–N with tert-alkyl or cyclic N) is 1. The van der Waals surface area contributed by atoms with E-state index < -0.39 is 17.3 Å². The quantitative estimate of drug-likeness (QED) is 0.531. The van der Waals surface area contributed by atoms with Crippen LogP contribution < -0.4 is 5.56 Å². The molecule has 3 N–H and O–H groups in total. The number of rotatable bonds is 6. The van der Waals surface area contributed by atoms with Crippen LogP contribution in [0.25, 0.3) is 0 Å². The van der Waals surface area contributed by atoms with E-state index in [0.29, 0.717) is 30.7 Å². The number of aliphatic hydroxyl groups excluding tert-OH is 1. The Balaban J connectivity index is 1.25. The highest BCUT2D eigenvalue weighted by Crippen LogP contribution is 2.63. The van der Waals surface area contributed by atoms with Crippen molar-refractivity contribution in [1.29, 1.82) is 0 Å². The molecule has 1 aromatic heterocycles. The van der Waals surface area contributed by atoms with Crippen molar-refractivity contribution in [2.24, 2.45) is 28.6 Å². The minimum Gasteiger partial charge on any atom is -0.390 e. The van der Waals surface area contributed by atoms with Crippen molar-refractivity contribution in [3.8, 4) is 0 Å². The molecule has 4 aliphatic rings. The van der Waals surface area contributed by atoms with Crippen molar-refractivity contribution in [1.82, 2.24) is 9.47 Å². The molecule has 2 aliphatic heterocycles. The lowest BCUT2D eigenvalue weighted by Gasteiger charge is -2.61. The Bertz CT molecular complexity index is 1050. The number of piperidine rings is 1. The second kappa shape index (κ2) is 9.46. The molecule has 2 bridgehead atoms. The van der Waals surface area contributed by atoms with Crippen LogP contribution in [-0.4, -0.2) is 61.7 Å². The zero-order valence-corrected chi connectivity index (χ0v) is 23.7. The average Bonchev–Trinajstić information content (AvgIpc) is 2.78. The number of hydrogen-bond acceptors (Lipinski definition) is 5. The number of aromatic nitrogens is 1. The molecule has 0 unspecified atom stereocenters. The minimum atomic E-state index is -1.22. The van der Waals surface area contributed by atoms with E-state index in [1.165, 1.54) is 12.8 Å². The fourth-order valence-electron chi connectivity index (χ4n) is 9.45. The summed E-state index contributed by atoms with van der Waals surface area (Å²) < 4.78 is 1.93. The molecular formula is C31H50N2O4. The summed E-state index contributed by atoms with van der Waals surface area (Å²) in [5.41, 5.74) is -0.437. The fourth-order valence-corrected chi connectivity index (χ4v) is 9.45. The van der Waals surface area contributed by atoms with E-state index in [2.05, 4.69) is 31.7 Å². The van der Waals surface area contributed by atoms with E-state index in [4.69, 9.17) is 0 Å². The van der Waals surface area contributed by atoms with Gasteiger partial charge in [-0.25, -0.2) is 0 Å². The van der Waals surface area contributed by atoms with Crippen LogP contribution in [0.4, 0.5) is 0 Å². The zero-order chi connectivity index (χ0) is 26.8. The number of aliphatic hydroxyl groups is 3. The molecule has 2 aliphatic carbocycles. The second-order valence-electron chi connectivity index (χ2n) is 14.7. The normalized spacial score (nSPS) is 39.8. The van der Waals surface area contributed by atoms with Crippen molar-refractivity contribution < 1.29 is 15.3 Å². The summed E-state index contributed by atoms with van der Waals surface area (Å²) in [6.07, 6.45) is 6.88. The fraction of sp³-hybridized carbons (Fsp3) is 0.839. The molecule has 0 spiro atoms. The summed E-state index contributed by atoms with van der Waals surface area (Å²) in [5, 5.41) is 34.3. The van der Waals surface area contributed by atoms with Gasteiger partial charge in [-0.2, -0.15) is 0 Å². The molecule has 208 valence electrons. The van der Waals surface area contributed by atoms with Crippen LogP contribution in [0.5, 0.6) is 0 Å². The van der Waals surface area contributed by atoms with E-state index in [-0.39, 0.29) is 22.3 Å². The molecule has 3 fully saturated rings. The lowest BCUT2D eigenvalue weighted by Crippen LogP contribution is -2.58. The summed E-state index contributed by atoms with van der Waals surface area (Å²) in [6, 6.07) is 5.56. The molecule has 1 saturated heterocycles. The first-order chi connectivity index (χ1) is 17.2. The monoisotopic (exact) mass is 514 g/mol. The third-order valence-corrected chi connectivity index (χ3v) is 11.4. The molecule has 0 amide bonds. The molecule has 37 heavy (non-hydrogen) atoms. The Hall–Kier alpha value is -1.21. The Morgan fingerprint density at radius 1 is 1.11 bits per heavy atom. The first kappa shape index (κ1) is 27.4. The van der Waals surface area contributed by atoms with Crippen LogP contribution in [0.15, 0.2) is 23.0 Å². The highest BCUT2D eigenvalue weighted by Gasteiger charge is 2.58. The van der Waals surface area contributed by atoms with Crippen molar-refractivity contribution in [2.45, 2.75) is 116 Å². The molecule has 0 aromatic carbocycles. The third-order valence-electron chi connectivity index (χ3n) is 11.4. The molecule has 5 rings (SSSR count). The summed E-state index contributed by atoms with van der Waals surface area (Å²) in [4.78, 5) is 14.6. The molecule has 3 heterocycles. The van der Waals surface area contributed by atoms with Crippen molar-refractivity contribution >= 4 is 0 Å². The second-order valence-corrected chi connectivity index (χ2v) is 14.7. The van der Waals surface area contributed by atoms with Crippen LogP contribution in [-0.2, 0) is 6.54 Å². The molecule has 6 nitrogen and oxygen atoms in total. The number of likely N-dealkylation sites (tertiary alicyclic amines) is 1. The van der Waals surface area contributed by atoms with Crippen LogP contribution in [0.1, 0.15) is 97.6 Å². The summed E-state index contributed by atoms with van der Waals surface area (Å²) >= 11 is 0. The van der Waals surface area contributed by atoms with E-state index in [0.717, 1.165) is 57.4 Å². The van der Waals surface area contributed by atoms with Crippen LogP contribution in [0.3, 0.4) is 0 Å². The van der Waals surface area contributed by atoms with Crippen molar-refractivity contribution in [3.63, 3.8) is 0 Å². The predicted octanol–water partition coefficient (Wildman–Crippen LogP) is 4.15. The van der Waals surface area contributed by atoms with E-state index in [1.807, 2.05) is 17.6 Å². The maximum atomic E-state index is 12.3. The average molecular weight is 515 g/mol. The molecule has 8 atom stereocenters. The molecule has 2 saturated carbocycles. The highest BCUT2D eigenvalue weighted by atomic mass is 16.3. The van der Waals surface area contributed by atoms with Crippen LogP contribution in [0, 0.1) is 28.6 Å². The number of nitrogens with zero attached hydrogens (tertiary/aromatic N) is 2. The van der Waals surface area contributed by atoms with Gasteiger partial charge in [0.1, 0.15) is 0 Å². The Labute approximate surface area is 223 Å². The van der Waals surface area contributed by atoms with E-state index in [9.17, 15) is 20.1 Å². The Morgan fingerprint density at radius 3 is 2.62 bits per heavy atom. The number of fused-ring (bicyclic) bond motifs is 5. The molecule has 0 radical (unpaired) electrons. The van der Waals surface area contributed by atoms with E-state index in [1.54, 1.807) is 13.0 Å². The smallest absolute Gasteiger partial charge is 0.250 e. The van der Waals surface area contributed by atoms with Crippen LogP contribution >= 0.6 is 0 Å².